The van der Waals surface area contributed by atoms with Crippen LogP contribution in [0, 0.1) is 0 Å². The molecule has 0 aromatic carbocycles. The molecule has 0 atom stereocenters. The molecule has 0 saturated heterocycles. The Balaban J connectivity index is 0.000000902. The van der Waals surface area contributed by atoms with E-state index in [2.05, 4.69) is 64.1 Å². The molecule has 0 unspecified atom stereocenters. The van der Waals surface area contributed by atoms with Crippen molar-refractivity contribution in [2.45, 2.75) is 13.0 Å². The summed E-state index contributed by atoms with van der Waals surface area (Å²) in [5.74, 6) is 0. The van der Waals surface area contributed by atoms with Gasteiger partial charge in [-0.05, 0) is 17.7 Å². The number of hydrogen-bond donors (Lipinski definition) is 0. The maximum Gasteiger partial charge on any atom is 0.208 e. The SMILES string of the molecule is C[n+]1ccc(/C=C2\CC[n+]3ccccc32)cc1.[Br-].[Br-]. The smallest absolute Gasteiger partial charge is 0.208 e. The Morgan fingerprint density at radius 3 is 2.47 bits per heavy atom. The van der Waals surface area contributed by atoms with Crippen LogP contribution in [0.5, 0.6) is 0 Å². The van der Waals surface area contributed by atoms with Crippen LogP contribution in [0.3, 0.4) is 0 Å². The molecule has 2 nitrogen and oxygen atoms in total. The number of hydrogen-bond acceptors (Lipinski definition) is 0. The van der Waals surface area contributed by atoms with Gasteiger partial charge in [-0.2, -0.15) is 4.57 Å². The van der Waals surface area contributed by atoms with E-state index >= 15 is 0 Å². The number of rotatable bonds is 1. The number of allylic oxidation sites excluding steroid dienone is 1. The minimum absolute atomic E-state index is 0. The van der Waals surface area contributed by atoms with Crippen LogP contribution in [0.1, 0.15) is 17.7 Å². The van der Waals surface area contributed by atoms with E-state index in [9.17, 15) is 0 Å². The number of pyridine rings is 2. The van der Waals surface area contributed by atoms with Crippen LogP contribution in [-0.4, -0.2) is 0 Å². The zero-order valence-corrected chi connectivity index (χ0v) is 13.9. The Bertz CT molecular complexity index is 577. The molecule has 3 heterocycles. The molecular formula is C15H16Br2N2. The summed E-state index contributed by atoms with van der Waals surface area (Å²) in [6, 6.07) is 10.7. The first-order valence-corrected chi connectivity index (χ1v) is 5.98. The molecule has 0 saturated carbocycles. The molecule has 0 fully saturated rings. The molecule has 0 aliphatic carbocycles. The van der Waals surface area contributed by atoms with E-state index < -0.39 is 0 Å². The fourth-order valence-corrected chi connectivity index (χ4v) is 2.29. The number of aryl methyl sites for hydroxylation is 2. The average molecular weight is 384 g/mol. The number of halogens is 2. The third kappa shape index (κ3) is 3.51. The number of nitrogens with zero attached hydrogens (tertiary/aromatic N) is 2. The topological polar surface area (TPSA) is 7.76 Å². The van der Waals surface area contributed by atoms with Gasteiger partial charge in [-0.3, -0.25) is 0 Å². The van der Waals surface area contributed by atoms with Crippen LogP contribution in [0.15, 0.2) is 48.9 Å². The molecule has 100 valence electrons. The Kier molecular flexibility index (Phi) is 5.88. The minimum Gasteiger partial charge on any atom is -1.00 e. The van der Waals surface area contributed by atoms with Gasteiger partial charge in [0, 0.05) is 36.3 Å². The van der Waals surface area contributed by atoms with Crippen molar-refractivity contribution < 1.29 is 43.1 Å². The van der Waals surface area contributed by atoms with Crippen molar-refractivity contribution in [1.29, 1.82) is 0 Å². The summed E-state index contributed by atoms with van der Waals surface area (Å²) >= 11 is 0. The molecule has 0 radical (unpaired) electrons. The van der Waals surface area contributed by atoms with Crippen LogP contribution in [0.25, 0.3) is 11.6 Å². The van der Waals surface area contributed by atoms with Gasteiger partial charge < -0.3 is 34.0 Å². The lowest BCUT2D eigenvalue weighted by molar-refractivity contribution is -0.689. The van der Waals surface area contributed by atoms with Crippen LogP contribution in [0.4, 0.5) is 0 Å². The van der Waals surface area contributed by atoms with Gasteiger partial charge in [-0.25, -0.2) is 4.57 Å². The molecule has 4 heteroatoms. The number of aromatic nitrogens is 2. The Labute approximate surface area is 135 Å². The quantitative estimate of drug-likeness (QED) is 0.441. The van der Waals surface area contributed by atoms with E-state index in [0.717, 1.165) is 13.0 Å². The predicted molar refractivity (Wildman–Crippen MR) is 66.7 cm³/mol. The molecule has 19 heavy (non-hydrogen) atoms. The molecule has 0 bridgehead atoms. The summed E-state index contributed by atoms with van der Waals surface area (Å²) in [6.07, 6.45) is 9.74. The van der Waals surface area contributed by atoms with Gasteiger partial charge in [0.05, 0.1) is 0 Å². The van der Waals surface area contributed by atoms with Crippen molar-refractivity contribution in [3.63, 3.8) is 0 Å². The largest absolute Gasteiger partial charge is 1.00 e. The Hall–Kier alpha value is -1.000. The van der Waals surface area contributed by atoms with Crippen LogP contribution in [0.2, 0.25) is 0 Å². The second-order valence-electron chi connectivity index (χ2n) is 4.50. The van der Waals surface area contributed by atoms with Crippen molar-refractivity contribution in [3.8, 4) is 0 Å². The van der Waals surface area contributed by atoms with Gasteiger partial charge in [0.2, 0.25) is 5.69 Å². The lowest BCUT2D eigenvalue weighted by Crippen LogP contribution is -3.00. The van der Waals surface area contributed by atoms with Crippen LogP contribution < -0.4 is 43.1 Å². The summed E-state index contributed by atoms with van der Waals surface area (Å²) in [5.41, 5.74) is 4.05. The first-order valence-electron chi connectivity index (χ1n) is 5.98. The van der Waals surface area contributed by atoms with E-state index in [4.69, 9.17) is 0 Å². The normalized spacial score (nSPS) is 14.5. The second kappa shape index (κ2) is 6.96. The molecule has 2 aromatic rings. The zero-order valence-electron chi connectivity index (χ0n) is 10.8. The van der Waals surface area contributed by atoms with Gasteiger partial charge in [0.25, 0.3) is 0 Å². The molecular weight excluding hydrogens is 368 g/mol. The zero-order chi connectivity index (χ0) is 11.7. The van der Waals surface area contributed by atoms with Crippen LogP contribution >= 0.6 is 0 Å². The van der Waals surface area contributed by atoms with Crippen molar-refractivity contribution in [2.75, 3.05) is 0 Å². The summed E-state index contributed by atoms with van der Waals surface area (Å²) in [6.45, 7) is 1.10. The highest BCUT2D eigenvalue weighted by Crippen LogP contribution is 2.22. The average Bonchev–Trinajstić information content (AvgIpc) is 2.76. The van der Waals surface area contributed by atoms with Gasteiger partial charge in [-0.1, -0.05) is 0 Å². The molecule has 3 rings (SSSR count). The third-order valence-corrected chi connectivity index (χ3v) is 3.24. The monoisotopic (exact) mass is 382 g/mol. The van der Waals surface area contributed by atoms with E-state index in [1.54, 1.807) is 0 Å². The third-order valence-electron chi connectivity index (χ3n) is 3.24. The van der Waals surface area contributed by atoms with Crippen molar-refractivity contribution in [3.05, 3.63) is 60.2 Å². The predicted octanol–water partition coefficient (Wildman–Crippen LogP) is -4.25. The maximum atomic E-state index is 2.31. The van der Waals surface area contributed by atoms with E-state index in [1.807, 2.05) is 7.05 Å². The Morgan fingerprint density at radius 2 is 1.74 bits per heavy atom. The summed E-state index contributed by atoms with van der Waals surface area (Å²) < 4.78 is 4.37. The highest BCUT2D eigenvalue weighted by molar-refractivity contribution is 5.79. The minimum atomic E-state index is 0. The van der Waals surface area contributed by atoms with Crippen molar-refractivity contribution in [2.24, 2.45) is 7.05 Å². The van der Waals surface area contributed by atoms with Crippen molar-refractivity contribution in [1.82, 2.24) is 0 Å². The van der Waals surface area contributed by atoms with Gasteiger partial charge in [0.15, 0.2) is 25.1 Å². The van der Waals surface area contributed by atoms with Crippen LogP contribution in [-0.2, 0) is 13.6 Å². The second-order valence-corrected chi connectivity index (χ2v) is 4.50. The summed E-state index contributed by atoms with van der Waals surface area (Å²) in [7, 11) is 2.04. The molecule has 1 aliphatic rings. The lowest BCUT2D eigenvalue weighted by Gasteiger charge is -1.95. The highest BCUT2D eigenvalue weighted by atomic mass is 79.9. The fourth-order valence-electron chi connectivity index (χ4n) is 2.29. The molecule has 0 amide bonds. The van der Waals surface area contributed by atoms with Gasteiger partial charge >= 0.3 is 0 Å². The first-order chi connectivity index (χ1) is 8.33. The lowest BCUT2D eigenvalue weighted by atomic mass is 10.1. The number of fused-ring (bicyclic) bond motifs is 1. The standard InChI is InChI=1S/C15H16N2.2BrH/c1-16-9-5-13(6-10-16)12-14-7-11-17-8-3-2-4-15(14)17;;/h2-6,8-10,12H,7,11H2,1H3;2*1H/q+2;;/p-2/b14-12+;;. The van der Waals surface area contributed by atoms with E-state index in [1.165, 1.54) is 16.8 Å². The summed E-state index contributed by atoms with van der Waals surface area (Å²) in [5, 5.41) is 0. The van der Waals surface area contributed by atoms with Crippen molar-refractivity contribution >= 4 is 11.6 Å². The fraction of sp³-hybridized carbons (Fsp3) is 0.200. The summed E-state index contributed by atoms with van der Waals surface area (Å²) in [4.78, 5) is 0. The maximum absolute atomic E-state index is 2.31. The first kappa shape index (κ1) is 16.1. The molecule has 0 spiro atoms. The molecule has 1 aliphatic heterocycles. The van der Waals surface area contributed by atoms with E-state index in [0.29, 0.717) is 0 Å². The van der Waals surface area contributed by atoms with Gasteiger partial charge in [-0.15, -0.1) is 0 Å². The van der Waals surface area contributed by atoms with E-state index in [-0.39, 0.29) is 34.0 Å². The molecule has 0 N–H and O–H groups in total. The highest BCUT2D eigenvalue weighted by Gasteiger charge is 2.22. The van der Waals surface area contributed by atoms with Gasteiger partial charge in [0.1, 0.15) is 7.05 Å². The Morgan fingerprint density at radius 1 is 1.00 bits per heavy atom. The molecule has 2 aromatic heterocycles.